The Morgan fingerprint density at radius 2 is 2.22 bits per heavy atom. The van der Waals surface area contributed by atoms with Gasteiger partial charge in [0.2, 0.25) is 0 Å². The maximum absolute atomic E-state index is 2.33. The van der Waals surface area contributed by atoms with Crippen LogP contribution < -0.4 is 0 Å². The molecule has 0 radical (unpaired) electrons. The minimum atomic E-state index is 0.925. The molecule has 1 heteroatoms. The highest BCUT2D eigenvalue weighted by atomic mass is 32.2. The molecule has 9 heavy (non-hydrogen) atoms. The summed E-state index contributed by atoms with van der Waals surface area (Å²) in [5.41, 5.74) is 0. The van der Waals surface area contributed by atoms with E-state index in [1.54, 1.807) is 0 Å². The number of hydrogen-bond donors (Lipinski definition) is 0. The maximum Gasteiger partial charge on any atom is 0.00811 e. The zero-order valence-corrected chi connectivity index (χ0v) is 7.37. The van der Waals surface area contributed by atoms with E-state index in [-0.39, 0.29) is 0 Å². The van der Waals surface area contributed by atoms with Gasteiger partial charge in [0, 0.05) is 5.25 Å². The van der Waals surface area contributed by atoms with Crippen molar-refractivity contribution in [1.29, 1.82) is 0 Å². The predicted octanol–water partition coefficient (Wildman–Crippen LogP) is 2.78. The second-order valence-electron chi connectivity index (χ2n) is 3.14. The van der Waals surface area contributed by atoms with Gasteiger partial charge in [-0.3, -0.25) is 0 Å². The van der Waals surface area contributed by atoms with Crippen LogP contribution in [0.15, 0.2) is 0 Å². The van der Waals surface area contributed by atoms with E-state index < -0.39 is 0 Å². The van der Waals surface area contributed by atoms with Gasteiger partial charge < -0.3 is 0 Å². The Morgan fingerprint density at radius 3 is 2.56 bits per heavy atom. The highest BCUT2D eigenvalue weighted by Crippen LogP contribution is 2.45. The third kappa shape index (κ3) is 1.89. The average molecular weight is 144 g/mol. The minimum Gasteiger partial charge on any atom is -0.159 e. The lowest BCUT2D eigenvalue weighted by atomic mass is 10.1. The summed E-state index contributed by atoms with van der Waals surface area (Å²) in [6.07, 6.45) is 1.48. The van der Waals surface area contributed by atoms with Gasteiger partial charge in [-0.1, -0.05) is 20.8 Å². The molecule has 1 aliphatic rings. The lowest BCUT2D eigenvalue weighted by Gasteiger charge is -2.00. The van der Waals surface area contributed by atoms with Gasteiger partial charge in [-0.05, 0) is 24.0 Å². The van der Waals surface area contributed by atoms with Crippen molar-refractivity contribution in [3.05, 3.63) is 0 Å². The second-order valence-corrected chi connectivity index (χ2v) is 4.65. The molecule has 0 N–H and O–H groups in total. The molecular weight excluding hydrogens is 128 g/mol. The van der Waals surface area contributed by atoms with Crippen LogP contribution in [0.5, 0.6) is 0 Å². The first-order chi connectivity index (χ1) is 4.25. The van der Waals surface area contributed by atoms with E-state index in [0.29, 0.717) is 0 Å². The molecule has 0 aromatic heterocycles. The Labute approximate surface area is 62.4 Å². The molecule has 0 aliphatic heterocycles. The van der Waals surface area contributed by atoms with Gasteiger partial charge in [0.25, 0.3) is 0 Å². The first-order valence-corrected chi connectivity index (χ1v) is 4.92. The van der Waals surface area contributed by atoms with Crippen LogP contribution in [0.25, 0.3) is 0 Å². The number of thioether (sulfide) groups is 1. The quantitative estimate of drug-likeness (QED) is 0.587. The SMILES string of the molecule is CCSC1CC1C(C)C. The van der Waals surface area contributed by atoms with Crippen molar-refractivity contribution in [1.82, 2.24) is 0 Å². The lowest BCUT2D eigenvalue weighted by Crippen LogP contribution is -1.92. The normalized spacial score (nSPS) is 33.3. The number of hydrogen-bond acceptors (Lipinski definition) is 1. The largest absolute Gasteiger partial charge is 0.159 e. The first kappa shape index (κ1) is 7.46. The van der Waals surface area contributed by atoms with E-state index in [0.717, 1.165) is 17.1 Å². The molecule has 1 aliphatic carbocycles. The van der Waals surface area contributed by atoms with Crippen LogP contribution in [0.1, 0.15) is 27.2 Å². The molecule has 0 aromatic rings. The Hall–Kier alpha value is 0.350. The molecule has 0 heterocycles. The molecule has 2 atom stereocenters. The van der Waals surface area contributed by atoms with Crippen molar-refractivity contribution >= 4 is 11.8 Å². The summed E-state index contributed by atoms with van der Waals surface area (Å²) in [7, 11) is 0. The van der Waals surface area contributed by atoms with Crippen molar-refractivity contribution in [2.75, 3.05) is 5.75 Å². The van der Waals surface area contributed by atoms with E-state index in [1.807, 2.05) is 0 Å². The highest BCUT2D eigenvalue weighted by molar-refractivity contribution is 8.00. The Kier molecular flexibility index (Phi) is 2.45. The fraction of sp³-hybridized carbons (Fsp3) is 1.00. The molecule has 0 bridgehead atoms. The second kappa shape index (κ2) is 2.96. The number of rotatable bonds is 3. The van der Waals surface area contributed by atoms with Crippen LogP contribution in [-0.4, -0.2) is 11.0 Å². The van der Waals surface area contributed by atoms with E-state index in [2.05, 4.69) is 32.5 Å². The van der Waals surface area contributed by atoms with Crippen molar-refractivity contribution in [2.24, 2.45) is 11.8 Å². The summed E-state index contributed by atoms with van der Waals surface area (Å²) < 4.78 is 0. The van der Waals surface area contributed by atoms with E-state index >= 15 is 0 Å². The molecule has 0 amide bonds. The van der Waals surface area contributed by atoms with Crippen LogP contribution in [0.4, 0.5) is 0 Å². The Morgan fingerprint density at radius 1 is 1.56 bits per heavy atom. The average Bonchev–Trinajstić information content (AvgIpc) is 2.47. The van der Waals surface area contributed by atoms with E-state index in [4.69, 9.17) is 0 Å². The summed E-state index contributed by atoms with van der Waals surface area (Å²) in [5.74, 6) is 3.28. The molecular formula is C8H16S. The molecule has 0 spiro atoms. The van der Waals surface area contributed by atoms with Gasteiger partial charge >= 0.3 is 0 Å². The van der Waals surface area contributed by atoms with Gasteiger partial charge in [-0.2, -0.15) is 11.8 Å². The Balaban J connectivity index is 2.09. The van der Waals surface area contributed by atoms with Crippen LogP contribution >= 0.6 is 11.8 Å². The topological polar surface area (TPSA) is 0 Å². The van der Waals surface area contributed by atoms with Gasteiger partial charge in [0.15, 0.2) is 0 Å². The molecule has 0 aromatic carbocycles. The van der Waals surface area contributed by atoms with E-state index in [1.165, 1.54) is 12.2 Å². The fourth-order valence-electron chi connectivity index (χ4n) is 1.30. The van der Waals surface area contributed by atoms with Crippen molar-refractivity contribution < 1.29 is 0 Å². The summed E-state index contributed by atoms with van der Waals surface area (Å²) in [5, 5.41) is 1.02. The molecule has 1 saturated carbocycles. The minimum absolute atomic E-state index is 0.925. The summed E-state index contributed by atoms with van der Waals surface area (Å²) in [4.78, 5) is 0. The fourth-order valence-corrected chi connectivity index (χ4v) is 2.64. The van der Waals surface area contributed by atoms with Crippen molar-refractivity contribution in [2.45, 2.75) is 32.4 Å². The monoisotopic (exact) mass is 144 g/mol. The molecule has 0 saturated heterocycles. The van der Waals surface area contributed by atoms with Crippen molar-refractivity contribution in [3.63, 3.8) is 0 Å². The smallest absolute Gasteiger partial charge is 0.00811 e. The first-order valence-electron chi connectivity index (χ1n) is 3.87. The van der Waals surface area contributed by atoms with Crippen LogP contribution in [0, 0.1) is 11.8 Å². The van der Waals surface area contributed by atoms with Gasteiger partial charge in [0.1, 0.15) is 0 Å². The van der Waals surface area contributed by atoms with Crippen molar-refractivity contribution in [3.8, 4) is 0 Å². The summed E-state index contributed by atoms with van der Waals surface area (Å²) in [6, 6.07) is 0. The lowest BCUT2D eigenvalue weighted by molar-refractivity contribution is 0.566. The highest BCUT2D eigenvalue weighted by Gasteiger charge is 2.38. The third-order valence-electron chi connectivity index (χ3n) is 2.02. The van der Waals surface area contributed by atoms with E-state index in [9.17, 15) is 0 Å². The standard InChI is InChI=1S/C8H16S/c1-4-9-8-5-7(8)6(2)3/h6-8H,4-5H2,1-3H3. The Bertz CT molecular complexity index is 88.6. The molecule has 54 valence electrons. The molecule has 0 nitrogen and oxygen atoms in total. The van der Waals surface area contributed by atoms with Crippen LogP contribution in [0.3, 0.4) is 0 Å². The van der Waals surface area contributed by atoms with Crippen LogP contribution in [0.2, 0.25) is 0 Å². The van der Waals surface area contributed by atoms with Gasteiger partial charge in [-0.25, -0.2) is 0 Å². The third-order valence-corrected chi connectivity index (χ3v) is 3.32. The van der Waals surface area contributed by atoms with Crippen LogP contribution in [-0.2, 0) is 0 Å². The zero-order chi connectivity index (χ0) is 6.85. The van der Waals surface area contributed by atoms with Gasteiger partial charge in [0.05, 0.1) is 0 Å². The van der Waals surface area contributed by atoms with Gasteiger partial charge in [-0.15, -0.1) is 0 Å². The summed E-state index contributed by atoms with van der Waals surface area (Å²) >= 11 is 2.13. The molecule has 1 rings (SSSR count). The maximum atomic E-state index is 2.33. The summed E-state index contributed by atoms with van der Waals surface area (Å²) in [6.45, 7) is 6.92. The zero-order valence-electron chi connectivity index (χ0n) is 6.55. The molecule has 2 unspecified atom stereocenters. The molecule has 1 fully saturated rings. The predicted molar refractivity (Wildman–Crippen MR) is 44.9 cm³/mol.